The van der Waals surface area contributed by atoms with Crippen molar-refractivity contribution in [1.82, 2.24) is 9.88 Å². The number of non-ortho nitro benzene ring substituents is 1. The number of nitro groups is 1. The van der Waals surface area contributed by atoms with E-state index in [1.807, 2.05) is 0 Å². The first-order chi connectivity index (χ1) is 17.6. The number of aromatic amines is 1. The van der Waals surface area contributed by atoms with Crippen LogP contribution in [0.5, 0.6) is 5.75 Å². The Labute approximate surface area is 221 Å². The second-order valence-electron chi connectivity index (χ2n) is 8.30. The minimum absolute atomic E-state index is 0.0752. The summed E-state index contributed by atoms with van der Waals surface area (Å²) < 4.78 is 6.01. The summed E-state index contributed by atoms with van der Waals surface area (Å²) in [4.78, 5) is 64.4. The fourth-order valence-electron chi connectivity index (χ4n) is 4.47. The largest absolute Gasteiger partial charge is 0.489 e. The summed E-state index contributed by atoms with van der Waals surface area (Å²) in [5, 5.41) is 20.7. The molecule has 190 valence electrons. The lowest BCUT2D eigenvalue weighted by molar-refractivity contribution is -0.385. The molecule has 1 aromatic heterocycles. The van der Waals surface area contributed by atoms with Crippen LogP contribution in [0.1, 0.15) is 21.9 Å². The summed E-state index contributed by atoms with van der Waals surface area (Å²) >= 11 is 7.75. The topological polar surface area (TPSA) is 160 Å². The Bertz CT molecular complexity index is 1500. The van der Waals surface area contributed by atoms with E-state index >= 15 is 0 Å². The highest BCUT2D eigenvalue weighted by molar-refractivity contribution is 8.00. The van der Waals surface area contributed by atoms with Crippen molar-refractivity contribution < 1.29 is 29.2 Å². The lowest BCUT2D eigenvalue weighted by atomic mass is 9.82. The summed E-state index contributed by atoms with van der Waals surface area (Å²) in [5.41, 5.74) is 0.734. The van der Waals surface area contributed by atoms with Gasteiger partial charge >= 0.3 is 10.8 Å². The maximum Gasteiger partial charge on any atom is 0.323 e. The lowest BCUT2D eigenvalue weighted by Gasteiger charge is -2.30. The molecule has 2 aliphatic rings. The van der Waals surface area contributed by atoms with Crippen molar-refractivity contribution >= 4 is 58.2 Å². The van der Waals surface area contributed by atoms with Crippen LogP contribution in [0.3, 0.4) is 0 Å². The van der Waals surface area contributed by atoms with Crippen molar-refractivity contribution in [3.05, 3.63) is 83.3 Å². The van der Waals surface area contributed by atoms with Crippen LogP contribution in [-0.4, -0.2) is 49.5 Å². The molecule has 37 heavy (non-hydrogen) atoms. The summed E-state index contributed by atoms with van der Waals surface area (Å²) in [6, 6.07) is 10.8. The molecule has 2 amide bonds. The number of rotatable bonds is 7. The molecule has 2 aliphatic heterocycles. The molecule has 0 saturated carbocycles. The summed E-state index contributed by atoms with van der Waals surface area (Å²) in [7, 11) is 0. The van der Waals surface area contributed by atoms with Gasteiger partial charge in [-0.15, -0.1) is 0 Å². The average molecular weight is 562 g/mol. The highest BCUT2D eigenvalue weighted by Gasteiger charge is 2.56. The Morgan fingerprint density at radius 1 is 1.16 bits per heavy atom. The van der Waals surface area contributed by atoms with Gasteiger partial charge in [0.25, 0.3) is 5.69 Å². The van der Waals surface area contributed by atoms with Gasteiger partial charge in [-0.1, -0.05) is 46.8 Å². The van der Waals surface area contributed by atoms with Gasteiger partial charge in [-0.25, -0.2) is 0 Å². The maximum absolute atomic E-state index is 13.4. The molecule has 3 atom stereocenters. The minimum atomic E-state index is -1.35. The highest BCUT2D eigenvalue weighted by Crippen LogP contribution is 2.54. The number of halogens is 1. The molecule has 0 aliphatic carbocycles. The number of nitrogens with zero attached hydrogens (tertiary/aromatic N) is 2. The zero-order valence-corrected chi connectivity index (χ0v) is 21.0. The molecule has 1 saturated heterocycles. The standard InChI is InChI=1S/C23H16ClN3O8S2/c24-11-3-1-10(2-4-11)9-35-14-6-5-12(27(33)34)7-13(14)16-17-19(36-20-18(16)37-23(32)25-20)22(31)26(21(17)30)8-15(28)29/h1-7,16-17,19H,8-9H2,(H,25,32)(H,28,29)/t16-,17+,19-/m0/s1. The van der Waals surface area contributed by atoms with Crippen molar-refractivity contribution in [2.24, 2.45) is 5.92 Å². The third-order valence-corrected chi connectivity index (χ3v) is 8.71. The van der Waals surface area contributed by atoms with E-state index in [1.54, 1.807) is 24.3 Å². The molecule has 0 unspecified atom stereocenters. The van der Waals surface area contributed by atoms with E-state index in [0.29, 0.717) is 19.8 Å². The Hall–Kier alpha value is -3.68. The molecule has 14 heteroatoms. The van der Waals surface area contributed by atoms with E-state index in [-0.39, 0.29) is 23.6 Å². The molecular formula is C23H16ClN3O8S2. The molecule has 3 heterocycles. The number of amides is 2. The number of likely N-dealkylation sites (tertiary alicyclic amines) is 1. The number of thiazole rings is 1. The number of carboxylic acids is 1. The predicted molar refractivity (Wildman–Crippen MR) is 133 cm³/mol. The number of H-pyrrole nitrogens is 1. The first-order valence-electron chi connectivity index (χ1n) is 10.8. The molecule has 1 fully saturated rings. The van der Waals surface area contributed by atoms with E-state index in [2.05, 4.69) is 4.98 Å². The second-order valence-corrected chi connectivity index (χ2v) is 10.9. The van der Waals surface area contributed by atoms with Gasteiger partial charge in [0.2, 0.25) is 11.8 Å². The van der Waals surface area contributed by atoms with E-state index in [4.69, 9.17) is 16.3 Å². The molecule has 11 nitrogen and oxygen atoms in total. The van der Waals surface area contributed by atoms with Crippen LogP contribution in [0.2, 0.25) is 5.02 Å². The number of carbonyl (C=O) groups excluding carboxylic acids is 2. The van der Waals surface area contributed by atoms with Crippen LogP contribution in [-0.2, 0) is 21.0 Å². The molecule has 5 rings (SSSR count). The van der Waals surface area contributed by atoms with Crippen LogP contribution in [0.15, 0.2) is 52.3 Å². The van der Waals surface area contributed by atoms with Crippen molar-refractivity contribution in [3.63, 3.8) is 0 Å². The van der Waals surface area contributed by atoms with E-state index in [9.17, 15) is 34.4 Å². The van der Waals surface area contributed by atoms with Crippen LogP contribution < -0.4 is 9.61 Å². The number of ether oxygens (including phenoxy) is 1. The summed E-state index contributed by atoms with van der Waals surface area (Å²) in [6.45, 7) is -0.733. The van der Waals surface area contributed by atoms with Crippen molar-refractivity contribution in [1.29, 1.82) is 0 Å². The Balaban J connectivity index is 1.63. The van der Waals surface area contributed by atoms with Gasteiger partial charge in [0.1, 0.15) is 24.2 Å². The monoisotopic (exact) mass is 561 g/mol. The molecule has 0 radical (unpaired) electrons. The van der Waals surface area contributed by atoms with Crippen LogP contribution in [0.4, 0.5) is 5.69 Å². The molecule has 2 N–H and O–H groups in total. The minimum Gasteiger partial charge on any atom is -0.489 e. The van der Waals surface area contributed by atoms with Gasteiger partial charge in [-0.2, -0.15) is 0 Å². The third kappa shape index (κ3) is 4.61. The SMILES string of the molecule is O=C(O)CN1C(=O)[C@@H]2[C@H](c3cc([N+](=O)[O-])ccc3OCc3ccc(Cl)cc3)c3sc(=O)[nH]c3S[C@@H]2C1=O. The van der Waals surface area contributed by atoms with Crippen molar-refractivity contribution in [3.8, 4) is 5.75 Å². The molecular weight excluding hydrogens is 546 g/mol. The van der Waals surface area contributed by atoms with E-state index in [0.717, 1.165) is 28.7 Å². The number of benzene rings is 2. The maximum atomic E-state index is 13.4. The first kappa shape index (κ1) is 25.0. The van der Waals surface area contributed by atoms with E-state index in [1.165, 1.54) is 18.2 Å². The number of imide groups is 1. The van der Waals surface area contributed by atoms with Gasteiger partial charge in [0, 0.05) is 33.5 Å². The summed E-state index contributed by atoms with van der Waals surface area (Å²) in [5.74, 6) is -4.60. The Kier molecular flexibility index (Phi) is 6.52. The first-order valence-corrected chi connectivity index (χ1v) is 12.8. The normalized spacial score (nSPS) is 20.5. The number of aromatic nitrogens is 1. The molecule has 2 aromatic carbocycles. The van der Waals surface area contributed by atoms with Gasteiger partial charge in [-0.05, 0) is 23.8 Å². The smallest absolute Gasteiger partial charge is 0.323 e. The number of nitro benzene ring substituents is 1. The van der Waals surface area contributed by atoms with Crippen LogP contribution in [0, 0.1) is 16.0 Å². The Morgan fingerprint density at radius 2 is 1.89 bits per heavy atom. The van der Waals surface area contributed by atoms with Gasteiger partial charge < -0.3 is 14.8 Å². The van der Waals surface area contributed by atoms with Gasteiger partial charge in [-0.3, -0.25) is 34.2 Å². The second kappa shape index (κ2) is 9.65. The molecule has 3 aromatic rings. The number of carbonyl (C=O) groups is 3. The number of thioether (sulfide) groups is 1. The average Bonchev–Trinajstić information content (AvgIpc) is 3.34. The van der Waals surface area contributed by atoms with Crippen molar-refractivity contribution in [2.75, 3.05) is 6.54 Å². The highest BCUT2D eigenvalue weighted by atomic mass is 35.5. The quantitative estimate of drug-likeness (QED) is 0.251. The van der Waals surface area contributed by atoms with Crippen LogP contribution in [0.25, 0.3) is 0 Å². The lowest BCUT2D eigenvalue weighted by Crippen LogP contribution is -2.36. The van der Waals surface area contributed by atoms with E-state index < -0.39 is 51.2 Å². The predicted octanol–water partition coefficient (Wildman–Crippen LogP) is 3.25. The molecule has 0 spiro atoms. The number of carboxylic acid groups (broad SMARTS) is 1. The number of fused-ring (bicyclic) bond motifs is 2. The van der Waals surface area contributed by atoms with Crippen molar-refractivity contribution in [2.45, 2.75) is 22.8 Å². The Morgan fingerprint density at radius 3 is 2.57 bits per heavy atom. The zero-order valence-electron chi connectivity index (χ0n) is 18.6. The summed E-state index contributed by atoms with van der Waals surface area (Å²) in [6.07, 6.45) is 0. The fraction of sp³-hybridized carbons (Fsp3) is 0.217. The third-order valence-electron chi connectivity index (χ3n) is 6.06. The molecule has 0 bridgehead atoms. The number of aliphatic carboxylic acids is 1. The fourth-order valence-corrected chi connectivity index (χ4v) is 7.12. The number of hydrogen-bond donors (Lipinski definition) is 2. The van der Waals surface area contributed by atoms with Gasteiger partial charge in [0.15, 0.2) is 0 Å². The van der Waals surface area contributed by atoms with Gasteiger partial charge in [0.05, 0.1) is 15.9 Å². The zero-order chi connectivity index (χ0) is 26.4. The van der Waals surface area contributed by atoms with Crippen LogP contribution >= 0.6 is 34.7 Å². The number of nitrogens with one attached hydrogen (secondary N) is 1. The number of hydrogen-bond acceptors (Lipinski definition) is 9.